The van der Waals surface area contributed by atoms with E-state index in [-0.39, 0.29) is 18.6 Å². The molecular formula is C21H19N5O3. The second-order valence-electron chi connectivity index (χ2n) is 6.70. The van der Waals surface area contributed by atoms with Crippen LogP contribution in [0.2, 0.25) is 0 Å². The number of carbonyl (C=O) groups is 1. The third-order valence-corrected chi connectivity index (χ3v) is 4.79. The van der Waals surface area contributed by atoms with Gasteiger partial charge >= 0.3 is 0 Å². The number of aromatic nitrogens is 3. The summed E-state index contributed by atoms with van der Waals surface area (Å²) in [6, 6.07) is 14.3. The van der Waals surface area contributed by atoms with Gasteiger partial charge in [0.2, 0.25) is 0 Å². The minimum Gasteiger partial charge on any atom is -0.484 e. The Bertz CT molecular complexity index is 1010. The van der Waals surface area contributed by atoms with Crippen molar-refractivity contribution in [3.05, 3.63) is 60.2 Å². The number of amides is 1. The van der Waals surface area contributed by atoms with Crippen LogP contribution in [0.25, 0.3) is 11.5 Å². The first-order chi connectivity index (χ1) is 14.2. The van der Waals surface area contributed by atoms with Gasteiger partial charge < -0.3 is 14.2 Å². The summed E-state index contributed by atoms with van der Waals surface area (Å²) in [5.74, 6) is 1.34. The van der Waals surface area contributed by atoms with Crippen molar-refractivity contribution in [2.24, 2.45) is 0 Å². The summed E-state index contributed by atoms with van der Waals surface area (Å²) in [5.41, 5.74) is 0.944. The standard InChI is InChI=1S/C21H19N5O3/c22-12-16-10-9-15(13-23-16)21-24-20(25-29-21)18-8-4-5-11-26(18)19(27)14-28-17-6-2-1-3-7-17/h1-3,6-7,9-10,13,18H,4-5,8,11,14H2. The molecule has 1 amide bonds. The minimum atomic E-state index is -0.250. The minimum absolute atomic E-state index is 0.0369. The number of hydrogen-bond acceptors (Lipinski definition) is 7. The normalized spacial score (nSPS) is 16.2. The lowest BCUT2D eigenvalue weighted by Crippen LogP contribution is -2.41. The number of likely N-dealkylation sites (tertiary alicyclic amines) is 1. The number of piperidine rings is 1. The molecule has 1 aromatic carbocycles. The lowest BCUT2D eigenvalue weighted by Gasteiger charge is -2.33. The Morgan fingerprint density at radius 1 is 1.24 bits per heavy atom. The van der Waals surface area contributed by atoms with Gasteiger partial charge in [-0.15, -0.1) is 0 Å². The summed E-state index contributed by atoms with van der Waals surface area (Å²) >= 11 is 0. The quantitative estimate of drug-likeness (QED) is 0.660. The number of hydrogen-bond donors (Lipinski definition) is 0. The SMILES string of the molecule is N#Cc1ccc(-c2nc(C3CCCCN3C(=O)COc3ccccc3)no2)cn1. The van der Waals surface area contributed by atoms with Gasteiger partial charge in [0, 0.05) is 12.7 Å². The fraction of sp³-hybridized carbons (Fsp3) is 0.286. The third kappa shape index (κ3) is 4.24. The van der Waals surface area contributed by atoms with E-state index in [1.807, 2.05) is 36.4 Å². The van der Waals surface area contributed by atoms with Crippen LogP contribution < -0.4 is 4.74 Å². The molecule has 2 aromatic heterocycles. The predicted molar refractivity (Wildman–Crippen MR) is 102 cm³/mol. The number of nitrogens with zero attached hydrogens (tertiary/aromatic N) is 5. The first-order valence-electron chi connectivity index (χ1n) is 9.42. The zero-order valence-electron chi connectivity index (χ0n) is 15.7. The number of pyridine rings is 1. The lowest BCUT2D eigenvalue weighted by molar-refractivity contribution is -0.137. The van der Waals surface area contributed by atoms with Crippen LogP contribution >= 0.6 is 0 Å². The van der Waals surface area contributed by atoms with E-state index in [1.54, 1.807) is 17.0 Å². The van der Waals surface area contributed by atoms with Crippen molar-refractivity contribution in [1.82, 2.24) is 20.0 Å². The Morgan fingerprint density at radius 2 is 2.10 bits per heavy atom. The van der Waals surface area contributed by atoms with E-state index < -0.39 is 0 Å². The van der Waals surface area contributed by atoms with Crippen molar-refractivity contribution < 1.29 is 14.1 Å². The summed E-state index contributed by atoms with van der Waals surface area (Å²) in [7, 11) is 0. The number of carbonyl (C=O) groups excluding carboxylic acids is 1. The van der Waals surface area contributed by atoms with Crippen LogP contribution in [-0.2, 0) is 4.79 Å². The molecule has 1 fully saturated rings. The zero-order valence-corrected chi connectivity index (χ0v) is 15.7. The van der Waals surface area contributed by atoms with Gasteiger partial charge in [0.25, 0.3) is 11.8 Å². The van der Waals surface area contributed by atoms with Crippen LogP contribution in [0.5, 0.6) is 5.75 Å². The molecule has 0 aliphatic carbocycles. The van der Waals surface area contributed by atoms with Crippen molar-refractivity contribution in [3.63, 3.8) is 0 Å². The van der Waals surface area contributed by atoms with Crippen LogP contribution in [0.1, 0.15) is 36.8 Å². The molecule has 0 radical (unpaired) electrons. The average molecular weight is 389 g/mol. The van der Waals surface area contributed by atoms with Gasteiger partial charge in [-0.25, -0.2) is 4.98 Å². The van der Waals surface area contributed by atoms with Crippen molar-refractivity contribution >= 4 is 5.91 Å². The molecule has 1 aliphatic rings. The zero-order chi connectivity index (χ0) is 20.1. The summed E-state index contributed by atoms with van der Waals surface area (Å²) in [5, 5.41) is 13.0. The Labute approximate surface area is 167 Å². The maximum Gasteiger partial charge on any atom is 0.261 e. The Morgan fingerprint density at radius 3 is 2.86 bits per heavy atom. The van der Waals surface area contributed by atoms with Gasteiger partial charge in [-0.05, 0) is 43.5 Å². The van der Waals surface area contributed by atoms with E-state index in [0.717, 1.165) is 19.3 Å². The lowest BCUT2D eigenvalue weighted by atomic mass is 10.0. The Balaban J connectivity index is 1.48. The van der Waals surface area contributed by atoms with Crippen molar-refractivity contribution in [2.45, 2.75) is 25.3 Å². The van der Waals surface area contributed by atoms with Crippen LogP contribution in [-0.4, -0.2) is 39.1 Å². The molecular weight excluding hydrogens is 370 g/mol. The maximum atomic E-state index is 12.8. The molecule has 8 heteroatoms. The predicted octanol–water partition coefficient (Wildman–Crippen LogP) is 3.14. The molecule has 3 aromatic rings. The molecule has 1 unspecified atom stereocenters. The van der Waals surface area contributed by atoms with E-state index in [9.17, 15) is 4.79 Å². The number of ether oxygens (including phenoxy) is 1. The van der Waals surface area contributed by atoms with Crippen LogP contribution in [0.3, 0.4) is 0 Å². The number of benzene rings is 1. The van der Waals surface area contributed by atoms with Gasteiger partial charge in [0.1, 0.15) is 17.5 Å². The maximum absolute atomic E-state index is 12.8. The Hall–Kier alpha value is -3.73. The molecule has 8 nitrogen and oxygen atoms in total. The number of rotatable bonds is 5. The fourth-order valence-electron chi connectivity index (χ4n) is 3.32. The van der Waals surface area contributed by atoms with Crippen LogP contribution in [0.4, 0.5) is 0 Å². The van der Waals surface area contributed by atoms with E-state index in [2.05, 4.69) is 15.1 Å². The highest BCUT2D eigenvalue weighted by Gasteiger charge is 2.31. The van der Waals surface area contributed by atoms with Crippen molar-refractivity contribution in [3.8, 4) is 23.3 Å². The molecule has 3 heterocycles. The highest BCUT2D eigenvalue weighted by molar-refractivity contribution is 5.78. The summed E-state index contributed by atoms with van der Waals surface area (Å²) in [6.07, 6.45) is 4.20. The van der Waals surface area contributed by atoms with E-state index in [0.29, 0.717) is 35.3 Å². The summed E-state index contributed by atoms with van der Waals surface area (Å²) < 4.78 is 11.0. The summed E-state index contributed by atoms with van der Waals surface area (Å²) in [6.45, 7) is 0.592. The van der Waals surface area contributed by atoms with E-state index >= 15 is 0 Å². The first-order valence-corrected chi connectivity index (χ1v) is 9.42. The molecule has 1 saturated heterocycles. The molecule has 1 atom stereocenters. The highest BCUT2D eigenvalue weighted by atomic mass is 16.5. The van der Waals surface area contributed by atoms with Crippen LogP contribution in [0, 0.1) is 11.3 Å². The van der Waals surface area contributed by atoms with E-state index in [1.165, 1.54) is 6.20 Å². The third-order valence-electron chi connectivity index (χ3n) is 4.79. The van der Waals surface area contributed by atoms with Crippen molar-refractivity contribution in [2.75, 3.05) is 13.2 Å². The molecule has 0 N–H and O–H groups in total. The molecule has 1 aliphatic heterocycles. The first kappa shape index (κ1) is 18.6. The number of para-hydroxylation sites is 1. The second-order valence-corrected chi connectivity index (χ2v) is 6.70. The monoisotopic (exact) mass is 389 g/mol. The molecule has 0 saturated carbocycles. The highest BCUT2D eigenvalue weighted by Crippen LogP contribution is 2.30. The molecule has 29 heavy (non-hydrogen) atoms. The average Bonchev–Trinajstić information content (AvgIpc) is 3.28. The van der Waals surface area contributed by atoms with Crippen molar-refractivity contribution in [1.29, 1.82) is 5.26 Å². The second kappa shape index (κ2) is 8.52. The number of nitriles is 1. The Kier molecular flexibility index (Phi) is 5.47. The van der Waals surface area contributed by atoms with Gasteiger partial charge in [-0.3, -0.25) is 4.79 Å². The molecule has 4 rings (SSSR count). The van der Waals surface area contributed by atoms with Gasteiger partial charge in [0.05, 0.1) is 11.6 Å². The van der Waals surface area contributed by atoms with Gasteiger partial charge in [-0.2, -0.15) is 10.2 Å². The topological polar surface area (TPSA) is 105 Å². The van der Waals surface area contributed by atoms with E-state index in [4.69, 9.17) is 14.5 Å². The van der Waals surface area contributed by atoms with Gasteiger partial charge in [0.15, 0.2) is 12.4 Å². The van der Waals surface area contributed by atoms with Gasteiger partial charge in [-0.1, -0.05) is 23.4 Å². The molecule has 0 bridgehead atoms. The molecule has 0 spiro atoms. The van der Waals surface area contributed by atoms with Crippen LogP contribution in [0.15, 0.2) is 53.2 Å². The largest absolute Gasteiger partial charge is 0.484 e. The summed E-state index contributed by atoms with van der Waals surface area (Å²) in [4.78, 5) is 23.0. The fourth-order valence-corrected chi connectivity index (χ4v) is 3.32. The smallest absolute Gasteiger partial charge is 0.261 e. The molecule has 146 valence electrons.